The molecule has 0 radical (unpaired) electrons. The Morgan fingerprint density at radius 1 is 1.04 bits per heavy atom. The maximum absolute atomic E-state index is 12.9. The van der Waals surface area contributed by atoms with Crippen molar-refractivity contribution >= 4 is 18.4 Å². The predicted octanol–water partition coefficient (Wildman–Crippen LogP) is 3.24. The fourth-order valence-corrected chi connectivity index (χ4v) is 2.59. The van der Waals surface area contributed by atoms with E-state index in [1.54, 1.807) is 42.5 Å². The zero-order valence-electron chi connectivity index (χ0n) is 16.1. The minimum atomic E-state index is -1.93. The van der Waals surface area contributed by atoms with Crippen LogP contribution in [0.15, 0.2) is 54.6 Å². The quantitative estimate of drug-likeness (QED) is 0.663. The van der Waals surface area contributed by atoms with E-state index in [4.69, 9.17) is 9.47 Å². The second-order valence-corrected chi connectivity index (χ2v) is 6.36. The van der Waals surface area contributed by atoms with Gasteiger partial charge in [-0.3, -0.25) is 0 Å². The lowest BCUT2D eigenvalue weighted by molar-refractivity contribution is -0.162. The molecule has 0 spiro atoms. The number of carbonyl (C=O) groups excluding carboxylic acids is 1. The van der Waals surface area contributed by atoms with Crippen molar-refractivity contribution < 1.29 is 19.4 Å². The number of hydrogen-bond acceptors (Lipinski definition) is 5. The van der Waals surface area contributed by atoms with Crippen molar-refractivity contribution in [3.8, 4) is 5.75 Å². The number of para-hydroxylation sites is 1. The predicted molar refractivity (Wildman–Crippen MR) is 108 cm³/mol. The zero-order valence-corrected chi connectivity index (χ0v) is 16.9. The molecule has 5 nitrogen and oxygen atoms in total. The number of carbonyl (C=O) groups is 1. The lowest BCUT2D eigenvalue weighted by atomic mass is 9.85. The number of hydrogen-bond donors (Lipinski definition) is 1. The molecule has 1 unspecified atom stereocenters. The zero-order chi connectivity index (χ0) is 19.0. The van der Waals surface area contributed by atoms with Crippen LogP contribution in [-0.4, -0.2) is 49.8 Å². The minimum absolute atomic E-state index is 0. The molecule has 0 amide bonds. The third-order valence-corrected chi connectivity index (χ3v) is 4.00. The van der Waals surface area contributed by atoms with Gasteiger partial charge in [-0.25, -0.2) is 4.79 Å². The molecule has 148 valence electrons. The van der Waals surface area contributed by atoms with Gasteiger partial charge in [0.15, 0.2) is 0 Å². The number of esters is 1. The maximum atomic E-state index is 12.9. The molecule has 0 heterocycles. The van der Waals surface area contributed by atoms with E-state index in [2.05, 4.69) is 0 Å². The first-order chi connectivity index (χ1) is 12.5. The van der Waals surface area contributed by atoms with E-state index in [1.807, 2.05) is 38.1 Å². The molecule has 1 atom stereocenters. The molecule has 2 rings (SSSR count). The second kappa shape index (κ2) is 10.9. The summed E-state index contributed by atoms with van der Waals surface area (Å²) in [5, 5.41) is 11.5. The van der Waals surface area contributed by atoms with Gasteiger partial charge in [-0.15, -0.1) is 12.4 Å². The molecule has 0 bridgehead atoms. The highest BCUT2D eigenvalue weighted by Gasteiger charge is 2.43. The largest absolute Gasteiger partial charge is 0.493 e. The van der Waals surface area contributed by atoms with Crippen LogP contribution in [0.1, 0.15) is 24.5 Å². The molecule has 2 aromatic carbocycles. The molecule has 0 aromatic heterocycles. The van der Waals surface area contributed by atoms with Crippen molar-refractivity contribution in [2.75, 3.05) is 33.9 Å². The molecule has 0 aliphatic heterocycles. The van der Waals surface area contributed by atoms with Gasteiger partial charge in [-0.1, -0.05) is 55.5 Å². The van der Waals surface area contributed by atoms with Crippen molar-refractivity contribution in [2.45, 2.75) is 18.9 Å². The van der Waals surface area contributed by atoms with Gasteiger partial charge < -0.3 is 19.5 Å². The molecule has 2 aromatic rings. The number of rotatable bonds is 9. The molecule has 6 heteroatoms. The Morgan fingerprint density at radius 2 is 1.67 bits per heavy atom. The third-order valence-electron chi connectivity index (χ3n) is 4.00. The van der Waals surface area contributed by atoms with Gasteiger partial charge in [0.25, 0.3) is 0 Å². The summed E-state index contributed by atoms with van der Waals surface area (Å²) in [4.78, 5) is 14.8. The average Bonchev–Trinajstić information content (AvgIpc) is 2.66. The summed E-state index contributed by atoms with van der Waals surface area (Å²) in [6.45, 7) is 3.27. The van der Waals surface area contributed by atoms with Gasteiger partial charge in [0.2, 0.25) is 5.60 Å². The Labute approximate surface area is 167 Å². The van der Waals surface area contributed by atoms with Crippen LogP contribution >= 0.6 is 12.4 Å². The summed E-state index contributed by atoms with van der Waals surface area (Å²) in [6.07, 6.45) is 0.825. The first-order valence-corrected chi connectivity index (χ1v) is 8.82. The Bertz CT molecular complexity index is 708. The average molecular weight is 394 g/mol. The van der Waals surface area contributed by atoms with Crippen LogP contribution in [0.3, 0.4) is 0 Å². The summed E-state index contributed by atoms with van der Waals surface area (Å²) in [5.74, 6) is -0.233. The van der Waals surface area contributed by atoms with Crippen molar-refractivity contribution in [3.05, 3.63) is 65.7 Å². The van der Waals surface area contributed by atoms with Crippen LogP contribution in [0.5, 0.6) is 5.75 Å². The topological polar surface area (TPSA) is 59.0 Å². The molecule has 0 aliphatic rings. The molecule has 0 saturated heterocycles. The Kier molecular flexibility index (Phi) is 9.29. The molecular weight excluding hydrogens is 366 g/mol. The van der Waals surface area contributed by atoms with E-state index in [-0.39, 0.29) is 19.0 Å². The van der Waals surface area contributed by atoms with E-state index >= 15 is 0 Å². The number of aliphatic hydroxyl groups is 1. The minimum Gasteiger partial charge on any atom is -0.493 e. The molecule has 0 saturated carbocycles. The molecular formula is C21H28ClNO4. The highest BCUT2D eigenvalue weighted by molar-refractivity contribution is 5.86. The Hall–Kier alpha value is -2.08. The first-order valence-electron chi connectivity index (χ1n) is 8.82. The lowest BCUT2D eigenvalue weighted by Crippen LogP contribution is -2.40. The van der Waals surface area contributed by atoms with E-state index in [0.29, 0.717) is 30.0 Å². The monoisotopic (exact) mass is 393 g/mol. The molecule has 0 aliphatic carbocycles. The van der Waals surface area contributed by atoms with Gasteiger partial charge in [0.1, 0.15) is 12.4 Å². The van der Waals surface area contributed by atoms with E-state index < -0.39 is 11.6 Å². The highest BCUT2D eigenvalue weighted by atomic mass is 35.5. The maximum Gasteiger partial charge on any atom is 0.347 e. The number of likely N-dealkylation sites (N-methyl/N-ethyl adjacent to an activating group) is 1. The van der Waals surface area contributed by atoms with Crippen LogP contribution in [0.25, 0.3) is 0 Å². The van der Waals surface area contributed by atoms with Crippen molar-refractivity contribution in [1.82, 2.24) is 4.90 Å². The summed E-state index contributed by atoms with van der Waals surface area (Å²) in [7, 11) is 3.79. The van der Waals surface area contributed by atoms with E-state index in [1.165, 1.54) is 0 Å². The number of benzene rings is 2. The van der Waals surface area contributed by atoms with Gasteiger partial charge in [0.05, 0.1) is 6.61 Å². The van der Waals surface area contributed by atoms with Crippen LogP contribution < -0.4 is 4.74 Å². The number of halogens is 1. The smallest absolute Gasteiger partial charge is 0.347 e. The Balaban J connectivity index is 0.00000364. The van der Waals surface area contributed by atoms with Crippen LogP contribution in [0.2, 0.25) is 0 Å². The first kappa shape index (κ1) is 23.0. The summed E-state index contributed by atoms with van der Waals surface area (Å²) >= 11 is 0. The highest BCUT2D eigenvalue weighted by Crippen LogP contribution is 2.37. The van der Waals surface area contributed by atoms with Crippen LogP contribution in [-0.2, 0) is 15.1 Å². The normalized spacial score (nSPS) is 12.8. The molecule has 1 N–H and O–H groups in total. The SMILES string of the molecule is CCCOc1ccccc1C(O)(C(=O)OCCN(C)C)c1ccccc1.Cl. The fourth-order valence-electron chi connectivity index (χ4n) is 2.59. The van der Waals surface area contributed by atoms with Gasteiger partial charge >= 0.3 is 5.97 Å². The standard InChI is InChI=1S/C21H27NO4.ClH/c1-4-15-25-19-13-9-8-12-18(19)21(24,17-10-6-5-7-11-17)20(23)26-16-14-22(2)3;/h5-13,24H,4,14-16H2,1-3H3;1H. The van der Waals surface area contributed by atoms with Gasteiger partial charge in [-0.2, -0.15) is 0 Å². The third kappa shape index (κ3) is 5.70. The van der Waals surface area contributed by atoms with Crippen molar-refractivity contribution in [2.24, 2.45) is 0 Å². The molecule has 27 heavy (non-hydrogen) atoms. The van der Waals surface area contributed by atoms with Gasteiger partial charge in [-0.05, 0) is 32.1 Å². The second-order valence-electron chi connectivity index (χ2n) is 6.36. The van der Waals surface area contributed by atoms with Gasteiger partial charge in [0, 0.05) is 12.1 Å². The van der Waals surface area contributed by atoms with Crippen LogP contribution in [0, 0.1) is 0 Å². The summed E-state index contributed by atoms with van der Waals surface area (Å²) in [5.41, 5.74) is -1.10. The fraction of sp³-hybridized carbons (Fsp3) is 0.381. The number of ether oxygens (including phenoxy) is 2. The number of nitrogens with zero attached hydrogens (tertiary/aromatic N) is 1. The van der Waals surface area contributed by atoms with E-state index in [9.17, 15) is 9.90 Å². The van der Waals surface area contributed by atoms with E-state index in [0.717, 1.165) is 6.42 Å². The van der Waals surface area contributed by atoms with Crippen molar-refractivity contribution in [3.63, 3.8) is 0 Å². The summed E-state index contributed by atoms with van der Waals surface area (Å²) < 4.78 is 11.2. The summed E-state index contributed by atoms with van der Waals surface area (Å²) in [6, 6.07) is 15.9. The van der Waals surface area contributed by atoms with Crippen molar-refractivity contribution in [1.29, 1.82) is 0 Å². The molecule has 0 fully saturated rings. The van der Waals surface area contributed by atoms with Crippen LogP contribution in [0.4, 0.5) is 0 Å². The lowest BCUT2D eigenvalue weighted by Gasteiger charge is -2.29. The Morgan fingerprint density at radius 3 is 2.30 bits per heavy atom.